The molecule has 0 radical (unpaired) electrons. The summed E-state index contributed by atoms with van der Waals surface area (Å²) < 4.78 is 11.1. The van der Waals surface area contributed by atoms with E-state index < -0.39 is 0 Å². The summed E-state index contributed by atoms with van der Waals surface area (Å²) in [7, 11) is 3.43. The van der Waals surface area contributed by atoms with Crippen LogP contribution in [0.3, 0.4) is 0 Å². The molecule has 3 heteroatoms. The van der Waals surface area contributed by atoms with Gasteiger partial charge in [-0.3, -0.25) is 0 Å². The van der Waals surface area contributed by atoms with Crippen LogP contribution in [0.5, 0.6) is 11.5 Å². The lowest BCUT2D eigenvalue weighted by Gasteiger charge is -2.29. The van der Waals surface area contributed by atoms with E-state index in [-0.39, 0.29) is 11.5 Å². The Bertz CT molecular complexity index is 388. The molecular weight excluding hydrogens is 250 g/mol. The molecule has 0 spiro atoms. The van der Waals surface area contributed by atoms with Gasteiger partial charge in [0.05, 0.1) is 19.8 Å². The van der Waals surface area contributed by atoms with E-state index in [0.717, 1.165) is 36.4 Å². The lowest BCUT2D eigenvalue weighted by atomic mass is 9.85. The van der Waals surface area contributed by atoms with E-state index in [1.54, 1.807) is 14.2 Å². The van der Waals surface area contributed by atoms with Gasteiger partial charge >= 0.3 is 0 Å². The molecule has 1 unspecified atom stereocenters. The second kappa shape index (κ2) is 7.53. The molecule has 0 saturated carbocycles. The predicted octanol–water partition coefficient (Wildman–Crippen LogP) is 4.18. The zero-order chi connectivity index (χ0) is 15.2. The lowest BCUT2D eigenvalue weighted by Crippen LogP contribution is -2.27. The van der Waals surface area contributed by atoms with Crippen LogP contribution >= 0.6 is 0 Å². The largest absolute Gasteiger partial charge is 0.496 e. The molecule has 1 N–H and O–H groups in total. The highest BCUT2D eigenvalue weighted by Gasteiger charge is 2.25. The van der Waals surface area contributed by atoms with Crippen LogP contribution in [0.4, 0.5) is 0 Å². The Morgan fingerprint density at radius 1 is 1.10 bits per heavy atom. The molecule has 1 rings (SSSR count). The fraction of sp³-hybridized carbons (Fsp3) is 0.647. The molecule has 0 fully saturated rings. The van der Waals surface area contributed by atoms with Crippen molar-refractivity contribution in [1.29, 1.82) is 0 Å². The summed E-state index contributed by atoms with van der Waals surface area (Å²) in [5, 5.41) is 3.63. The van der Waals surface area contributed by atoms with Gasteiger partial charge in [0.1, 0.15) is 11.5 Å². The van der Waals surface area contributed by atoms with Crippen molar-refractivity contribution < 1.29 is 9.47 Å². The van der Waals surface area contributed by atoms with Crippen molar-refractivity contribution in [2.45, 2.75) is 46.6 Å². The second-order valence-corrected chi connectivity index (χ2v) is 6.35. The first-order valence-corrected chi connectivity index (χ1v) is 7.37. The minimum absolute atomic E-state index is 0.233. The third-order valence-corrected chi connectivity index (χ3v) is 3.27. The van der Waals surface area contributed by atoms with E-state index >= 15 is 0 Å². The van der Waals surface area contributed by atoms with Crippen molar-refractivity contribution in [3.63, 3.8) is 0 Å². The van der Waals surface area contributed by atoms with E-state index in [9.17, 15) is 0 Å². The third kappa shape index (κ3) is 4.71. The Labute approximate surface area is 123 Å². The van der Waals surface area contributed by atoms with Gasteiger partial charge in [0, 0.05) is 6.04 Å². The molecule has 3 nitrogen and oxygen atoms in total. The number of nitrogens with one attached hydrogen (secondary N) is 1. The molecule has 0 amide bonds. The first-order valence-electron chi connectivity index (χ1n) is 7.37. The monoisotopic (exact) mass is 279 g/mol. The highest BCUT2D eigenvalue weighted by Crippen LogP contribution is 2.39. The number of rotatable bonds is 7. The van der Waals surface area contributed by atoms with E-state index in [1.165, 1.54) is 0 Å². The Balaban J connectivity index is 3.17. The van der Waals surface area contributed by atoms with Gasteiger partial charge in [0.25, 0.3) is 0 Å². The first-order chi connectivity index (χ1) is 9.42. The van der Waals surface area contributed by atoms with Crippen molar-refractivity contribution in [1.82, 2.24) is 5.32 Å². The standard InChI is InChI=1S/C17H29NO2/c1-7-11-18-13(12-17(2,3)4)16-14(19-5)9-8-10-15(16)20-6/h8-10,13,18H,7,11-12H2,1-6H3. The SMILES string of the molecule is CCCNC(CC(C)(C)C)c1c(OC)cccc1OC. The molecule has 0 heterocycles. The van der Waals surface area contributed by atoms with E-state index in [0.29, 0.717) is 0 Å². The van der Waals surface area contributed by atoms with Gasteiger partial charge in [0.15, 0.2) is 0 Å². The minimum atomic E-state index is 0.233. The molecule has 0 bridgehead atoms. The Kier molecular flexibility index (Phi) is 6.34. The molecule has 0 aliphatic heterocycles. The first kappa shape index (κ1) is 16.8. The van der Waals surface area contributed by atoms with Gasteiger partial charge < -0.3 is 14.8 Å². The number of hydrogen-bond donors (Lipinski definition) is 1. The van der Waals surface area contributed by atoms with Crippen LogP contribution in [-0.4, -0.2) is 20.8 Å². The molecule has 114 valence electrons. The van der Waals surface area contributed by atoms with Crippen molar-refractivity contribution in [2.75, 3.05) is 20.8 Å². The Morgan fingerprint density at radius 3 is 2.05 bits per heavy atom. The van der Waals surface area contributed by atoms with Crippen LogP contribution in [0.25, 0.3) is 0 Å². The van der Waals surface area contributed by atoms with E-state index in [4.69, 9.17) is 9.47 Å². The summed E-state index contributed by atoms with van der Waals surface area (Å²) in [5.74, 6) is 1.78. The number of ether oxygens (including phenoxy) is 2. The zero-order valence-electron chi connectivity index (χ0n) is 13.7. The molecule has 0 aromatic heterocycles. The Hall–Kier alpha value is -1.22. The van der Waals surface area contributed by atoms with Crippen LogP contribution in [0.1, 0.15) is 52.1 Å². The summed E-state index contributed by atoms with van der Waals surface area (Å²) in [6, 6.07) is 6.21. The van der Waals surface area contributed by atoms with Crippen molar-refractivity contribution in [3.05, 3.63) is 23.8 Å². The zero-order valence-corrected chi connectivity index (χ0v) is 13.7. The van der Waals surface area contributed by atoms with Gasteiger partial charge in [-0.1, -0.05) is 33.8 Å². The van der Waals surface area contributed by atoms with Crippen LogP contribution in [0.2, 0.25) is 0 Å². The maximum atomic E-state index is 5.54. The highest BCUT2D eigenvalue weighted by atomic mass is 16.5. The molecule has 0 aliphatic rings. The molecular formula is C17H29NO2. The molecule has 0 saturated heterocycles. The van der Waals surface area contributed by atoms with Gasteiger partial charge in [-0.15, -0.1) is 0 Å². The molecule has 1 atom stereocenters. The molecule has 1 aromatic rings. The molecule has 1 aromatic carbocycles. The Morgan fingerprint density at radius 2 is 1.65 bits per heavy atom. The topological polar surface area (TPSA) is 30.5 Å². The predicted molar refractivity (Wildman–Crippen MR) is 84.7 cm³/mol. The molecule has 20 heavy (non-hydrogen) atoms. The summed E-state index contributed by atoms with van der Waals surface area (Å²) in [4.78, 5) is 0. The summed E-state index contributed by atoms with van der Waals surface area (Å²) in [5.41, 5.74) is 1.36. The van der Waals surface area contributed by atoms with Gasteiger partial charge in [0.2, 0.25) is 0 Å². The maximum Gasteiger partial charge on any atom is 0.127 e. The average Bonchev–Trinajstić information content (AvgIpc) is 2.41. The van der Waals surface area contributed by atoms with E-state index in [2.05, 4.69) is 33.0 Å². The second-order valence-electron chi connectivity index (χ2n) is 6.35. The smallest absolute Gasteiger partial charge is 0.127 e. The van der Waals surface area contributed by atoms with Crippen molar-refractivity contribution in [3.8, 4) is 11.5 Å². The van der Waals surface area contributed by atoms with Gasteiger partial charge in [-0.25, -0.2) is 0 Å². The fourth-order valence-corrected chi connectivity index (χ4v) is 2.43. The summed E-state index contributed by atoms with van der Waals surface area (Å²) in [6.07, 6.45) is 2.14. The quantitative estimate of drug-likeness (QED) is 0.812. The normalized spacial score (nSPS) is 13.1. The van der Waals surface area contributed by atoms with Crippen LogP contribution < -0.4 is 14.8 Å². The minimum Gasteiger partial charge on any atom is -0.496 e. The summed E-state index contributed by atoms with van der Waals surface area (Å²) >= 11 is 0. The van der Waals surface area contributed by atoms with Crippen molar-refractivity contribution in [2.24, 2.45) is 5.41 Å². The van der Waals surface area contributed by atoms with Crippen molar-refractivity contribution >= 4 is 0 Å². The van der Waals surface area contributed by atoms with E-state index in [1.807, 2.05) is 18.2 Å². The summed E-state index contributed by atoms with van der Waals surface area (Å²) in [6.45, 7) is 9.95. The van der Waals surface area contributed by atoms with Gasteiger partial charge in [-0.2, -0.15) is 0 Å². The molecule has 0 aliphatic carbocycles. The highest BCUT2D eigenvalue weighted by molar-refractivity contribution is 5.47. The van der Waals surface area contributed by atoms with Crippen LogP contribution in [-0.2, 0) is 0 Å². The van der Waals surface area contributed by atoms with Gasteiger partial charge in [-0.05, 0) is 36.9 Å². The van der Waals surface area contributed by atoms with Crippen LogP contribution in [0.15, 0.2) is 18.2 Å². The number of hydrogen-bond acceptors (Lipinski definition) is 3. The number of benzene rings is 1. The fourth-order valence-electron chi connectivity index (χ4n) is 2.43. The average molecular weight is 279 g/mol. The third-order valence-electron chi connectivity index (χ3n) is 3.27. The lowest BCUT2D eigenvalue weighted by molar-refractivity contribution is 0.296. The number of methoxy groups -OCH3 is 2. The van der Waals surface area contributed by atoms with Crippen LogP contribution in [0, 0.1) is 5.41 Å². The maximum absolute atomic E-state index is 5.54.